The first kappa shape index (κ1) is 15.5. The Morgan fingerprint density at radius 2 is 2.24 bits per heavy atom. The molecule has 0 radical (unpaired) electrons. The number of nitrogens with zero attached hydrogens (tertiary/aromatic N) is 4. The van der Waals surface area contributed by atoms with Gasteiger partial charge >= 0.3 is 0 Å². The molecule has 2 heterocycles. The van der Waals surface area contributed by atoms with Crippen molar-refractivity contribution < 1.29 is 9.59 Å². The van der Waals surface area contributed by atoms with E-state index >= 15 is 0 Å². The van der Waals surface area contributed by atoms with Crippen LogP contribution in [0.1, 0.15) is 46.1 Å². The van der Waals surface area contributed by atoms with Crippen LogP contribution in [0.3, 0.4) is 0 Å². The van der Waals surface area contributed by atoms with E-state index < -0.39 is 0 Å². The normalized spacial score (nSPS) is 19.4. The molecule has 1 aromatic heterocycles. The molecule has 1 aromatic rings. The summed E-state index contributed by atoms with van der Waals surface area (Å²) in [5.74, 6) is -0.0128. The van der Waals surface area contributed by atoms with Gasteiger partial charge in [-0.2, -0.15) is 5.10 Å². The number of hydrogen-bond acceptors (Lipinski definition) is 4. The second-order valence-electron chi connectivity index (χ2n) is 5.53. The average Bonchev–Trinajstić information content (AvgIpc) is 3.11. The van der Waals surface area contributed by atoms with Crippen LogP contribution in [0.25, 0.3) is 0 Å². The summed E-state index contributed by atoms with van der Waals surface area (Å²) < 4.78 is 1.72. The van der Waals surface area contributed by atoms with Gasteiger partial charge in [0, 0.05) is 19.0 Å². The zero-order valence-corrected chi connectivity index (χ0v) is 12.8. The Hall–Kier alpha value is -1.92. The maximum absolute atomic E-state index is 12.4. The van der Waals surface area contributed by atoms with Gasteiger partial charge in [-0.15, -0.1) is 0 Å². The Bertz CT molecular complexity index is 488. The van der Waals surface area contributed by atoms with Gasteiger partial charge in [0.2, 0.25) is 11.8 Å². The predicted molar refractivity (Wildman–Crippen MR) is 77.4 cm³/mol. The van der Waals surface area contributed by atoms with E-state index in [4.69, 9.17) is 0 Å². The third-order valence-corrected chi connectivity index (χ3v) is 4.12. The van der Waals surface area contributed by atoms with Crippen molar-refractivity contribution in [2.24, 2.45) is 0 Å². The van der Waals surface area contributed by atoms with Crippen LogP contribution in [0.4, 0.5) is 0 Å². The largest absolute Gasteiger partial charge is 0.350 e. The molecule has 2 amide bonds. The van der Waals surface area contributed by atoms with Crippen LogP contribution in [-0.2, 0) is 9.59 Å². The predicted octanol–water partition coefficient (Wildman–Crippen LogP) is 0.745. The molecule has 0 aliphatic carbocycles. The molecule has 1 aliphatic rings. The number of likely N-dealkylation sites (tertiary alicyclic amines) is 1. The van der Waals surface area contributed by atoms with Gasteiger partial charge in [0.25, 0.3) is 0 Å². The van der Waals surface area contributed by atoms with Crippen LogP contribution in [0.5, 0.6) is 0 Å². The molecule has 1 aliphatic heterocycles. The van der Waals surface area contributed by atoms with Crippen molar-refractivity contribution in [1.29, 1.82) is 0 Å². The van der Waals surface area contributed by atoms with E-state index in [1.54, 1.807) is 15.9 Å². The molecule has 0 spiro atoms. The lowest BCUT2D eigenvalue weighted by Crippen LogP contribution is -2.50. The zero-order chi connectivity index (χ0) is 15.4. The Morgan fingerprint density at radius 1 is 1.48 bits per heavy atom. The molecular weight excluding hydrogens is 270 g/mol. The summed E-state index contributed by atoms with van der Waals surface area (Å²) in [6, 6.07) is -0.459. The summed E-state index contributed by atoms with van der Waals surface area (Å²) in [4.78, 5) is 29.9. The van der Waals surface area contributed by atoms with E-state index in [1.165, 1.54) is 6.33 Å². The second-order valence-corrected chi connectivity index (χ2v) is 5.53. The van der Waals surface area contributed by atoms with Crippen molar-refractivity contribution in [3.8, 4) is 0 Å². The molecule has 0 bridgehead atoms. The Labute approximate surface area is 124 Å². The standard InChI is InChI=1S/C14H23N5O2/c1-4-12(18-7-5-6-13(18)20)14(21)17-10(2)11(3)19-9-15-8-16-19/h8-12H,4-7H2,1-3H3,(H,17,21)/t10-,11+,12+/m0/s1. The van der Waals surface area contributed by atoms with E-state index in [0.29, 0.717) is 19.4 Å². The summed E-state index contributed by atoms with van der Waals surface area (Å²) in [6.07, 6.45) is 5.13. The number of carbonyl (C=O) groups is 2. The minimum absolute atomic E-state index is 0.00300. The van der Waals surface area contributed by atoms with Gasteiger partial charge < -0.3 is 10.2 Å². The highest BCUT2D eigenvalue weighted by Crippen LogP contribution is 2.17. The van der Waals surface area contributed by atoms with Crippen molar-refractivity contribution in [2.75, 3.05) is 6.54 Å². The monoisotopic (exact) mass is 293 g/mol. The molecule has 0 unspecified atom stereocenters. The minimum Gasteiger partial charge on any atom is -0.350 e. The van der Waals surface area contributed by atoms with E-state index in [1.807, 2.05) is 20.8 Å². The maximum Gasteiger partial charge on any atom is 0.243 e. The molecule has 1 fully saturated rings. The molecule has 0 saturated carbocycles. The summed E-state index contributed by atoms with van der Waals surface area (Å²) in [5, 5.41) is 7.08. The lowest BCUT2D eigenvalue weighted by atomic mass is 10.1. The summed E-state index contributed by atoms with van der Waals surface area (Å²) in [6.45, 7) is 6.52. The SMILES string of the molecule is CC[C@H](C(=O)N[C@@H](C)[C@@H](C)n1cncn1)N1CCCC1=O. The first-order valence-corrected chi connectivity index (χ1v) is 7.48. The summed E-state index contributed by atoms with van der Waals surface area (Å²) >= 11 is 0. The topological polar surface area (TPSA) is 80.1 Å². The smallest absolute Gasteiger partial charge is 0.243 e. The zero-order valence-electron chi connectivity index (χ0n) is 12.8. The quantitative estimate of drug-likeness (QED) is 0.839. The van der Waals surface area contributed by atoms with Gasteiger partial charge in [-0.1, -0.05) is 6.92 Å². The second kappa shape index (κ2) is 6.69. The van der Waals surface area contributed by atoms with Crippen LogP contribution in [-0.4, -0.2) is 50.1 Å². The van der Waals surface area contributed by atoms with E-state index in [2.05, 4.69) is 15.4 Å². The van der Waals surface area contributed by atoms with Gasteiger partial charge in [0.05, 0.1) is 6.04 Å². The van der Waals surface area contributed by atoms with Crippen LogP contribution < -0.4 is 5.32 Å². The first-order valence-electron chi connectivity index (χ1n) is 7.48. The third-order valence-electron chi connectivity index (χ3n) is 4.12. The number of aromatic nitrogens is 3. The fourth-order valence-electron chi connectivity index (χ4n) is 2.64. The third kappa shape index (κ3) is 3.40. The van der Waals surface area contributed by atoms with Crippen LogP contribution in [0.2, 0.25) is 0 Å². The van der Waals surface area contributed by atoms with Crippen LogP contribution in [0, 0.1) is 0 Å². The molecule has 3 atom stereocenters. The number of hydrogen-bond donors (Lipinski definition) is 1. The van der Waals surface area contributed by atoms with E-state index in [9.17, 15) is 9.59 Å². The summed E-state index contributed by atoms with van der Waals surface area (Å²) in [5.41, 5.74) is 0. The molecule has 21 heavy (non-hydrogen) atoms. The van der Waals surface area contributed by atoms with Crippen molar-refractivity contribution >= 4 is 11.8 Å². The Balaban J connectivity index is 1.97. The lowest BCUT2D eigenvalue weighted by Gasteiger charge is -2.29. The Morgan fingerprint density at radius 3 is 2.76 bits per heavy atom. The minimum atomic E-state index is -0.370. The highest BCUT2D eigenvalue weighted by atomic mass is 16.2. The first-order chi connectivity index (χ1) is 10.0. The van der Waals surface area contributed by atoms with Crippen LogP contribution in [0.15, 0.2) is 12.7 Å². The van der Waals surface area contributed by atoms with Gasteiger partial charge in [-0.05, 0) is 26.7 Å². The van der Waals surface area contributed by atoms with E-state index in [0.717, 1.165) is 6.42 Å². The van der Waals surface area contributed by atoms with Crippen molar-refractivity contribution in [3.63, 3.8) is 0 Å². The van der Waals surface area contributed by atoms with E-state index in [-0.39, 0.29) is 29.9 Å². The lowest BCUT2D eigenvalue weighted by molar-refractivity contribution is -0.138. The van der Waals surface area contributed by atoms with Crippen LogP contribution >= 0.6 is 0 Å². The van der Waals surface area contributed by atoms with Crippen molar-refractivity contribution in [3.05, 3.63) is 12.7 Å². The highest BCUT2D eigenvalue weighted by molar-refractivity contribution is 5.88. The average molecular weight is 293 g/mol. The molecule has 1 saturated heterocycles. The van der Waals surface area contributed by atoms with Gasteiger partial charge in [-0.3, -0.25) is 9.59 Å². The highest BCUT2D eigenvalue weighted by Gasteiger charge is 2.32. The number of nitrogens with one attached hydrogen (secondary N) is 1. The van der Waals surface area contributed by atoms with Gasteiger partial charge in [0.1, 0.15) is 18.7 Å². The number of carbonyl (C=O) groups excluding carboxylic acids is 2. The van der Waals surface area contributed by atoms with Gasteiger partial charge in [0.15, 0.2) is 0 Å². The maximum atomic E-state index is 12.4. The summed E-state index contributed by atoms with van der Waals surface area (Å²) in [7, 11) is 0. The molecule has 1 N–H and O–H groups in total. The Kier molecular flexibility index (Phi) is 4.93. The van der Waals surface area contributed by atoms with Crippen molar-refractivity contribution in [1.82, 2.24) is 25.0 Å². The molecule has 116 valence electrons. The van der Waals surface area contributed by atoms with Crippen molar-refractivity contribution in [2.45, 2.75) is 58.2 Å². The fraction of sp³-hybridized carbons (Fsp3) is 0.714. The molecular formula is C14H23N5O2. The van der Waals surface area contributed by atoms with Gasteiger partial charge in [-0.25, -0.2) is 9.67 Å². The molecule has 0 aromatic carbocycles. The molecule has 7 nitrogen and oxygen atoms in total. The molecule has 7 heteroatoms. The fourth-order valence-corrected chi connectivity index (χ4v) is 2.64. The number of amides is 2. The molecule has 2 rings (SSSR count). The number of rotatable bonds is 6.